The number of benzene rings is 1. The van der Waals surface area contributed by atoms with Crippen molar-refractivity contribution in [1.29, 1.82) is 0 Å². The second-order valence-corrected chi connectivity index (χ2v) is 7.42. The van der Waals surface area contributed by atoms with Crippen LogP contribution < -0.4 is 5.32 Å². The van der Waals surface area contributed by atoms with Gasteiger partial charge in [0.2, 0.25) is 0 Å². The Hall–Kier alpha value is -2.60. The standard InChI is InChI=1S/C22H27NO5/c1-13(2)27-10-11-28-22(26)19-14(3)23-17-8-5-9-18(25)21(17)20(19)15-6-4-7-16(24)12-15/h4,6-7,12-13,20,23-24H,5,8-11H2,1-3H3/t20-/m1/s1. The highest BCUT2D eigenvalue weighted by Gasteiger charge is 2.39. The van der Waals surface area contributed by atoms with Crippen molar-refractivity contribution in [1.82, 2.24) is 5.32 Å². The Morgan fingerprint density at radius 1 is 1.29 bits per heavy atom. The van der Waals surface area contributed by atoms with E-state index in [9.17, 15) is 14.7 Å². The predicted molar refractivity (Wildman–Crippen MR) is 105 cm³/mol. The summed E-state index contributed by atoms with van der Waals surface area (Å²) < 4.78 is 10.9. The number of hydrogen-bond acceptors (Lipinski definition) is 6. The molecule has 1 aliphatic carbocycles. The van der Waals surface area contributed by atoms with Gasteiger partial charge in [0.25, 0.3) is 0 Å². The van der Waals surface area contributed by atoms with E-state index in [1.165, 1.54) is 0 Å². The van der Waals surface area contributed by atoms with Crippen molar-refractivity contribution >= 4 is 11.8 Å². The van der Waals surface area contributed by atoms with E-state index in [2.05, 4.69) is 5.32 Å². The molecule has 0 radical (unpaired) electrons. The minimum absolute atomic E-state index is 0.0306. The zero-order valence-corrected chi connectivity index (χ0v) is 16.6. The van der Waals surface area contributed by atoms with E-state index < -0.39 is 11.9 Å². The molecule has 0 saturated carbocycles. The van der Waals surface area contributed by atoms with Crippen LogP contribution in [0.2, 0.25) is 0 Å². The van der Waals surface area contributed by atoms with Gasteiger partial charge in [-0.15, -0.1) is 0 Å². The third kappa shape index (κ3) is 4.28. The van der Waals surface area contributed by atoms with Crippen LogP contribution in [0, 0.1) is 0 Å². The molecule has 0 aromatic heterocycles. The first kappa shape index (κ1) is 20.1. The first-order chi connectivity index (χ1) is 13.4. The maximum Gasteiger partial charge on any atom is 0.336 e. The van der Waals surface area contributed by atoms with Gasteiger partial charge in [-0.3, -0.25) is 4.79 Å². The number of Topliss-reactive ketones (excluding diaryl/α,β-unsaturated/α-hetero) is 1. The first-order valence-electron chi connectivity index (χ1n) is 9.70. The predicted octanol–water partition coefficient (Wildman–Crippen LogP) is 3.33. The molecule has 0 unspecified atom stereocenters. The molecule has 1 aromatic rings. The quantitative estimate of drug-likeness (QED) is 0.577. The molecule has 1 aliphatic heterocycles. The maximum absolute atomic E-state index is 12.9. The molecule has 2 N–H and O–H groups in total. The lowest BCUT2D eigenvalue weighted by Crippen LogP contribution is -2.34. The van der Waals surface area contributed by atoms with E-state index in [0.29, 0.717) is 35.4 Å². The molecular formula is C22H27NO5. The van der Waals surface area contributed by atoms with Gasteiger partial charge >= 0.3 is 5.97 Å². The zero-order chi connectivity index (χ0) is 20.3. The number of rotatable bonds is 6. The normalized spacial score (nSPS) is 19.6. The Morgan fingerprint density at radius 3 is 2.79 bits per heavy atom. The van der Waals surface area contributed by atoms with Gasteiger partial charge in [-0.1, -0.05) is 12.1 Å². The van der Waals surface area contributed by atoms with Gasteiger partial charge in [0.05, 0.1) is 18.3 Å². The Bertz CT molecular complexity index is 837. The van der Waals surface area contributed by atoms with Crippen LogP contribution in [0.1, 0.15) is 51.5 Å². The number of aromatic hydroxyl groups is 1. The number of phenolic OH excluding ortho intramolecular Hbond substituents is 1. The van der Waals surface area contributed by atoms with Crippen LogP contribution in [0.3, 0.4) is 0 Å². The van der Waals surface area contributed by atoms with Crippen molar-refractivity contribution in [3.63, 3.8) is 0 Å². The third-order valence-electron chi connectivity index (χ3n) is 4.97. The van der Waals surface area contributed by atoms with Gasteiger partial charge in [-0.25, -0.2) is 4.79 Å². The van der Waals surface area contributed by atoms with Crippen LogP contribution in [0.15, 0.2) is 46.8 Å². The van der Waals surface area contributed by atoms with E-state index in [1.807, 2.05) is 26.8 Å². The summed E-state index contributed by atoms with van der Waals surface area (Å²) in [5.41, 5.74) is 3.25. The summed E-state index contributed by atoms with van der Waals surface area (Å²) in [6, 6.07) is 6.71. The fraction of sp³-hybridized carbons (Fsp3) is 0.455. The van der Waals surface area contributed by atoms with Crippen LogP contribution >= 0.6 is 0 Å². The average Bonchev–Trinajstić information content (AvgIpc) is 2.64. The molecule has 0 bridgehead atoms. The summed E-state index contributed by atoms with van der Waals surface area (Å²) >= 11 is 0. The number of nitrogens with one attached hydrogen (secondary N) is 1. The molecule has 3 rings (SSSR count). The molecule has 1 heterocycles. The van der Waals surface area contributed by atoms with Crippen molar-refractivity contribution in [2.75, 3.05) is 13.2 Å². The monoisotopic (exact) mass is 385 g/mol. The highest BCUT2D eigenvalue weighted by Crippen LogP contribution is 2.43. The van der Waals surface area contributed by atoms with Crippen LogP contribution in [0.4, 0.5) is 0 Å². The van der Waals surface area contributed by atoms with Crippen molar-refractivity contribution in [3.8, 4) is 5.75 Å². The molecular weight excluding hydrogens is 358 g/mol. The summed E-state index contributed by atoms with van der Waals surface area (Å²) in [4.78, 5) is 25.7. The molecule has 1 aromatic carbocycles. The van der Waals surface area contributed by atoms with Gasteiger partial charge in [-0.05, 0) is 51.3 Å². The van der Waals surface area contributed by atoms with Gasteiger partial charge < -0.3 is 19.9 Å². The summed E-state index contributed by atoms with van der Waals surface area (Å²) in [5.74, 6) is -0.898. The number of carbonyl (C=O) groups is 2. The van der Waals surface area contributed by atoms with Crippen LogP contribution in [-0.2, 0) is 19.1 Å². The molecule has 2 aliphatic rings. The summed E-state index contributed by atoms with van der Waals surface area (Å²) in [5, 5.41) is 13.2. The van der Waals surface area contributed by atoms with E-state index in [-0.39, 0.29) is 24.2 Å². The van der Waals surface area contributed by atoms with Crippen molar-refractivity contribution in [2.24, 2.45) is 0 Å². The number of hydrogen-bond donors (Lipinski definition) is 2. The summed E-state index contributed by atoms with van der Waals surface area (Å²) in [7, 11) is 0. The summed E-state index contributed by atoms with van der Waals surface area (Å²) in [6.45, 7) is 6.10. The maximum atomic E-state index is 12.9. The molecule has 0 fully saturated rings. The average molecular weight is 385 g/mol. The topological polar surface area (TPSA) is 84.9 Å². The largest absolute Gasteiger partial charge is 0.508 e. The molecule has 0 saturated heterocycles. The molecule has 1 atom stereocenters. The summed E-state index contributed by atoms with van der Waals surface area (Å²) in [6.07, 6.45) is 2.07. The number of phenols is 1. The van der Waals surface area contributed by atoms with Gasteiger partial charge in [0.15, 0.2) is 5.78 Å². The first-order valence-corrected chi connectivity index (χ1v) is 9.70. The number of dihydropyridines is 1. The second-order valence-electron chi connectivity index (χ2n) is 7.42. The fourth-order valence-corrected chi connectivity index (χ4v) is 3.79. The Kier molecular flexibility index (Phi) is 6.19. The molecule has 6 nitrogen and oxygen atoms in total. The lowest BCUT2D eigenvalue weighted by Gasteiger charge is -2.34. The number of carbonyl (C=O) groups excluding carboxylic acids is 2. The van der Waals surface area contributed by atoms with Crippen LogP contribution in [-0.4, -0.2) is 36.2 Å². The van der Waals surface area contributed by atoms with Crippen LogP contribution in [0.5, 0.6) is 5.75 Å². The lowest BCUT2D eigenvalue weighted by atomic mass is 9.75. The van der Waals surface area contributed by atoms with Crippen molar-refractivity contribution < 1.29 is 24.2 Å². The lowest BCUT2D eigenvalue weighted by molar-refractivity contribution is -0.141. The minimum Gasteiger partial charge on any atom is -0.508 e. The highest BCUT2D eigenvalue weighted by atomic mass is 16.6. The van der Waals surface area contributed by atoms with Crippen molar-refractivity contribution in [2.45, 2.75) is 52.1 Å². The Morgan fingerprint density at radius 2 is 2.07 bits per heavy atom. The molecule has 150 valence electrons. The third-order valence-corrected chi connectivity index (χ3v) is 4.97. The number of ketones is 1. The molecule has 0 amide bonds. The minimum atomic E-state index is -0.547. The fourth-order valence-electron chi connectivity index (χ4n) is 3.79. The van der Waals surface area contributed by atoms with Crippen molar-refractivity contribution in [3.05, 3.63) is 52.4 Å². The zero-order valence-electron chi connectivity index (χ0n) is 16.6. The molecule has 6 heteroatoms. The number of allylic oxidation sites excluding steroid dienone is 3. The van der Waals surface area contributed by atoms with Gasteiger partial charge in [0, 0.05) is 29.3 Å². The van der Waals surface area contributed by atoms with Gasteiger partial charge in [-0.2, -0.15) is 0 Å². The Labute approximate surface area is 165 Å². The molecule has 28 heavy (non-hydrogen) atoms. The van der Waals surface area contributed by atoms with Gasteiger partial charge in [0.1, 0.15) is 12.4 Å². The number of ether oxygens (including phenoxy) is 2. The van der Waals surface area contributed by atoms with E-state index >= 15 is 0 Å². The SMILES string of the molecule is CC1=C(C(=O)OCCOC(C)C)[C@@H](c2cccc(O)c2)C2=C(CCCC2=O)N1. The van der Waals surface area contributed by atoms with Crippen LogP contribution in [0.25, 0.3) is 0 Å². The van der Waals surface area contributed by atoms with E-state index in [0.717, 1.165) is 18.5 Å². The highest BCUT2D eigenvalue weighted by molar-refractivity contribution is 6.03. The smallest absolute Gasteiger partial charge is 0.336 e. The van der Waals surface area contributed by atoms with E-state index in [1.54, 1.807) is 18.2 Å². The van der Waals surface area contributed by atoms with E-state index in [4.69, 9.17) is 9.47 Å². The number of esters is 1. The second kappa shape index (κ2) is 8.61. The molecule has 0 spiro atoms. The Balaban J connectivity index is 1.94.